The van der Waals surface area contributed by atoms with E-state index >= 15 is 0 Å². The fourth-order valence-electron chi connectivity index (χ4n) is 0.720. The molecule has 1 aromatic carbocycles. The molecule has 1 nitrogen and oxygen atoms in total. The second-order valence-corrected chi connectivity index (χ2v) is 3.07. The predicted molar refractivity (Wildman–Crippen MR) is 48.6 cm³/mol. The van der Waals surface area contributed by atoms with Crippen molar-refractivity contribution in [1.82, 2.24) is 0 Å². The molecule has 0 aromatic heterocycles. The quantitative estimate of drug-likeness (QED) is 0.727. The minimum atomic E-state index is 0.402. The highest BCUT2D eigenvalue weighted by Crippen LogP contribution is 2.10. The third-order valence-corrected chi connectivity index (χ3v) is 2.27. The van der Waals surface area contributed by atoms with Crippen LogP contribution in [0.3, 0.4) is 0 Å². The van der Waals surface area contributed by atoms with Crippen LogP contribution in [-0.4, -0.2) is 6.29 Å². The topological polar surface area (TPSA) is 17.1 Å². The molecule has 0 spiro atoms. The molecule has 10 heavy (non-hydrogen) atoms. The highest BCUT2D eigenvalue weighted by molar-refractivity contribution is 14.1. The molecule has 0 N–H and O–H groups in total. The zero-order valence-electron chi connectivity index (χ0n) is 5.30. The van der Waals surface area contributed by atoms with Crippen molar-refractivity contribution in [2.45, 2.75) is 6.42 Å². The molecule has 0 saturated carbocycles. The summed E-state index contributed by atoms with van der Waals surface area (Å²) in [6, 6.07) is 7.80. The van der Waals surface area contributed by atoms with Gasteiger partial charge in [0.1, 0.15) is 0 Å². The molecule has 0 amide bonds. The van der Waals surface area contributed by atoms with E-state index in [9.17, 15) is 4.79 Å². The van der Waals surface area contributed by atoms with Crippen molar-refractivity contribution in [3.05, 3.63) is 33.4 Å². The Labute approximate surface area is 73.6 Å². The van der Waals surface area contributed by atoms with Crippen LogP contribution in [0.4, 0.5) is 0 Å². The predicted octanol–water partition coefficient (Wildman–Crippen LogP) is 1.94. The van der Waals surface area contributed by atoms with Crippen LogP contribution < -0.4 is 0 Å². The smallest absolute Gasteiger partial charge is 0.203 e. The summed E-state index contributed by atoms with van der Waals surface area (Å²) in [5, 5.41) is 0. The Morgan fingerprint density at radius 3 is 2.70 bits per heavy atom. The Morgan fingerprint density at radius 1 is 1.40 bits per heavy atom. The van der Waals surface area contributed by atoms with Gasteiger partial charge in [0.05, 0.1) is 0 Å². The van der Waals surface area contributed by atoms with Crippen LogP contribution in [0.15, 0.2) is 24.3 Å². The largest absolute Gasteiger partial charge is 0.291 e. The molecule has 0 unspecified atom stereocenters. The highest BCUT2D eigenvalue weighted by atomic mass is 127. The van der Waals surface area contributed by atoms with Gasteiger partial charge in [-0.15, -0.1) is 0 Å². The molecule has 1 aromatic rings. The van der Waals surface area contributed by atoms with Gasteiger partial charge in [-0.1, -0.05) is 18.2 Å². The Hall–Kier alpha value is -0.380. The van der Waals surface area contributed by atoms with E-state index in [1.165, 1.54) is 0 Å². The van der Waals surface area contributed by atoms with E-state index in [1.54, 1.807) is 0 Å². The highest BCUT2D eigenvalue weighted by Gasteiger charge is 1.95. The molecule has 0 aliphatic rings. The molecule has 0 bridgehead atoms. The average Bonchev–Trinajstić information content (AvgIpc) is 1.94. The standard InChI is InChI=1S/C8H6IO/c9-8-4-2-1-3-7(8)5-6-10/h1-4H,5H2. The lowest BCUT2D eigenvalue weighted by atomic mass is 10.2. The van der Waals surface area contributed by atoms with Gasteiger partial charge in [0, 0.05) is 9.99 Å². The lowest BCUT2D eigenvalue weighted by molar-refractivity contribution is 0.555. The summed E-state index contributed by atoms with van der Waals surface area (Å²) in [7, 11) is 0. The molecule has 0 aliphatic heterocycles. The molecule has 0 saturated heterocycles. The van der Waals surface area contributed by atoms with E-state index in [-0.39, 0.29) is 0 Å². The Kier molecular flexibility index (Phi) is 2.86. The molecule has 1 rings (SSSR count). The average molecular weight is 245 g/mol. The summed E-state index contributed by atoms with van der Waals surface area (Å²) >= 11 is 2.20. The first-order valence-electron chi connectivity index (χ1n) is 2.93. The zero-order chi connectivity index (χ0) is 7.40. The lowest BCUT2D eigenvalue weighted by Gasteiger charge is -1.95. The van der Waals surface area contributed by atoms with Crippen LogP contribution in [0.2, 0.25) is 0 Å². The van der Waals surface area contributed by atoms with Gasteiger partial charge < -0.3 is 0 Å². The van der Waals surface area contributed by atoms with Gasteiger partial charge in [0.15, 0.2) is 0 Å². The number of hydrogen-bond acceptors (Lipinski definition) is 1. The van der Waals surface area contributed by atoms with Gasteiger partial charge in [-0.2, -0.15) is 0 Å². The molecular formula is C8H6IO. The van der Waals surface area contributed by atoms with Gasteiger partial charge in [0.25, 0.3) is 0 Å². The van der Waals surface area contributed by atoms with E-state index in [0.717, 1.165) is 9.13 Å². The molecule has 51 valence electrons. The van der Waals surface area contributed by atoms with Crippen molar-refractivity contribution in [2.24, 2.45) is 0 Å². The minimum Gasteiger partial charge on any atom is -0.291 e. The van der Waals surface area contributed by atoms with E-state index in [2.05, 4.69) is 22.6 Å². The van der Waals surface area contributed by atoms with Crippen molar-refractivity contribution in [2.75, 3.05) is 0 Å². The minimum absolute atomic E-state index is 0.402. The first-order chi connectivity index (χ1) is 4.84. The fraction of sp³-hybridized carbons (Fsp3) is 0.125. The molecule has 0 heterocycles. The van der Waals surface area contributed by atoms with Crippen molar-refractivity contribution in [1.29, 1.82) is 0 Å². The van der Waals surface area contributed by atoms with Gasteiger partial charge in [0.2, 0.25) is 6.29 Å². The summed E-state index contributed by atoms with van der Waals surface area (Å²) in [6.45, 7) is 0. The van der Waals surface area contributed by atoms with Crippen molar-refractivity contribution < 1.29 is 4.79 Å². The molecular weight excluding hydrogens is 239 g/mol. The molecule has 1 radical (unpaired) electrons. The van der Waals surface area contributed by atoms with Crippen LogP contribution in [-0.2, 0) is 11.2 Å². The Balaban J connectivity index is 2.91. The third-order valence-electron chi connectivity index (χ3n) is 1.22. The molecule has 2 heteroatoms. The van der Waals surface area contributed by atoms with E-state index in [0.29, 0.717) is 6.42 Å². The summed E-state index contributed by atoms with van der Waals surface area (Å²) in [5.41, 5.74) is 1.05. The van der Waals surface area contributed by atoms with Crippen LogP contribution >= 0.6 is 22.6 Å². The van der Waals surface area contributed by atoms with Gasteiger partial charge in [-0.3, -0.25) is 4.79 Å². The summed E-state index contributed by atoms with van der Waals surface area (Å²) < 4.78 is 1.13. The molecule has 0 aliphatic carbocycles. The monoisotopic (exact) mass is 245 g/mol. The zero-order valence-corrected chi connectivity index (χ0v) is 7.46. The van der Waals surface area contributed by atoms with E-state index < -0.39 is 0 Å². The fourth-order valence-corrected chi connectivity index (χ4v) is 1.30. The van der Waals surface area contributed by atoms with Gasteiger partial charge in [-0.05, 0) is 34.2 Å². The van der Waals surface area contributed by atoms with E-state index in [1.807, 2.05) is 30.6 Å². The third kappa shape index (κ3) is 1.80. The summed E-state index contributed by atoms with van der Waals surface area (Å²) in [6.07, 6.45) is 2.27. The lowest BCUT2D eigenvalue weighted by Crippen LogP contribution is -1.88. The second-order valence-electron chi connectivity index (χ2n) is 1.91. The maximum absolute atomic E-state index is 10.00. The van der Waals surface area contributed by atoms with Crippen LogP contribution in [0.5, 0.6) is 0 Å². The number of hydrogen-bond donors (Lipinski definition) is 0. The first-order valence-corrected chi connectivity index (χ1v) is 4.01. The summed E-state index contributed by atoms with van der Waals surface area (Å²) in [5.74, 6) is 0. The van der Waals surface area contributed by atoms with Crippen molar-refractivity contribution in [3.63, 3.8) is 0 Å². The van der Waals surface area contributed by atoms with Gasteiger partial charge >= 0.3 is 0 Å². The maximum Gasteiger partial charge on any atom is 0.203 e. The SMILES string of the molecule is O=[C]Cc1ccccc1I. The van der Waals surface area contributed by atoms with Gasteiger partial charge in [-0.25, -0.2) is 0 Å². The second kappa shape index (κ2) is 3.71. The van der Waals surface area contributed by atoms with Crippen LogP contribution in [0, 0.1) is 3.57 Å². The Morgan fingerprint density at radius 2 is 2.10 bits per heavy atom. The van der Waals surface area contributed by atoms with Crippen LogP contribution in [0.1, 0.15) is 5.56 Å². The van der Waals surface area contributed by atoms with Crippen LogP contribution in [0.25, 0.3) is 0 Å². The molecule has 0 fully saturated rings. The Bertz CT molecular complexity index is 232. The van der Waals surface area contributed by atoms with Crippen molar-refractivity contribution in [3.8, 4) is 0 Å². The first kappa shape index (κ1) is 7.72. The normalized spacial score (nSPS) is 9.30. The van der Waals surface area contributed by atoms with Crippen molar-refractivity contribution >= 4 is 28.9 Å². The maximum atomic E-state index is 10.00. The molecule has 0 atom stereocenters. The number of halogens is 1. The van der Waals surface area contributed by atoms with E-state index in [4.69, 9.17) is 0 Å². The summed E-state index contributed by atoms with van der Waals surface area (Å²) in [4.78, 5) is 10.00. The number of rotatable bonds is 2. The number of benzene rings is 1. The number of carbonyl (C=O) groups excluding carboxylic acids is 1.